The van der Waals surface area contributed by atoms with Crippen molar-refractivity contribution in [2.24, 2.45) is 0 Å². The standard InChI is InChI=1S/C16H17ClN2O2/c1-18-16(21)13-5-2-11(3-6-13)9-19-15-8-12(10-20)4-7-14(15)17/h2-8,19-20H,9-10H2,1H3,(H,18,21). The maximum Gasteiger partial charge on any atom is 0.251 e. The van der Waals surface area contributed by atoms with Gasteiger partial charge in [-0.25, -0.2) is 0 Å². The minimum Gasteiger partial charge on any atom is -0.392 e. The zero-order valence-corrected chi connectivity index (χ0v) is 12.4. The molecule has 0 aliphatic carbocycles. The Kier molecular flexibility index (Phi) is 5.20. The average Bonchev–Trinajstić information content (AvgIpc) is 2.54. The molecular weight excluding hydrogens is 288 g/mol. The van der Waals surface area contributed by atoms with E-state index in [1.54, 1.807) is 31.3 Å². The summed E-state index contributed by atoms with van der Waals surface area (Å²) in [5.41, 5.74) is 3.24. The highest BCUT2D eigenvalue weighted by Crippen LogP contribution is 2.23. The minimum absolute atomic E-state index is 0.0212. The molecule has 0 fully saturated rings. The van der Waals surface area contributed by atoms with Crippen molar-refractivity contribution in [2.45, 2.75) is 13.2 Å². The number of benzene rings is 2. The number of carbonyl (C=O) groups is 1. The monoisotopic (exact) mass is 304 g/mol. The third kappa shape index (κ3) is 3.97. The molecular formula is C16H17ClN2O2. The van der Waals surface area contributed by atoms with Crippen molar-refractivity contribution in [2.75, 3.05) is 12.4 Å². The van der Waals surface area contributed by atoms with Gasteiger partial charge in [0.05, 0.1) is 17.3 Å². The lowest BCUT2D eigenvalue weighted by molar-refractivity contribution is 0.0963. The molecule has 0 aromatic heterocycles. The molecule has 110 valence electrons. The molecule has 5 heteroatoms. The summed E-state index contributed by atoms with van der Waals surface area (Å²) in [5, 5.41) is 15.5. The third-order valence-electron chi connectivity index (χ3n) is 3.14. The minimum atomic E-state index is -0.104. The van der Waals surface area contributed by atoms with Gasteiger partial charge in [-0.05, 0) is 35.4 Å². The second-order valence-corrected chi connectivity index (χ2v) is 5.01. The molecule has 21 heavy (non-hydrogen) atoms. The van der Waals surface area contributed by atoms with Gasteiger partial charge < -0.3 is 15.7 Å². The van der Waals surface area contributed by atoms with Crippen LogP contribution in [-0.4, -0.2) is 18.1 Å². The van der Waals surface area contributed by atoms with Gasteiger partial charge in [-0.15, -0.1) is 0 Å². The SMILES string of the molecule is CNC(=O)c1ccc(CNc2cc(CO)ccc2Cl)cc1. The van der Waals surface area contributed by atoms with Crippen LogP contribution < -0.4 is 10.6 Å². The molecule has 2 aromatic carbocycles. The van der Waals surface area contributed by atoms with Crippen LogP contribution in [0.1, 0.15) is 21.5 Å². The number of hydrogen-bond acceptors (Lipinski definition) is 3. The summed E-state index contributed by atoms with van der Waals surface area (Å²) in [4.78, 5) is 11.5. The second kappa shape index (κ2) is 7.11. The molecule has 4 nitrogen and oxygen atoms in total. The molecule has 2 aromatic rings. The highest BCUT2D eigenvalue weighted by molar-refractivity contribution is 6.33. The Morgan fingerprint density at radius 2 is 1.81 bits per heavy atom. The molecule has 0 radical (unpaired) electrons. The summed E-state index contributed by atoms with van der Waals surface area (Å²) >= 11 is 6.11. The van der Waals surface area contributed by atoms with Crippen molar-refractivity contribution in [1.82, 2.24) is 5.32 Å². The summed E-state index contributed by atoms with van der Waals surface area (Å²) in [6, 6.07) is 12.7. The summed E-state index contributed by atoms with van der Waals surface area (Å²) in [6.45, 7) is 0.565. The van der Waals surface area contributed by atoms with Gasteiger partial charge in [0.25, 0.3) is 5.91 Å². The van der Waals surface area contributed by atoms with Crippen molar-refractivity contribution >= 4 is 23.2 Å². The Morgan fingerprint density at radius 1 is 1.14 bits per heavy atom. The third-order valence-corrected chi connectivity index (χ3v) is 3.47. The van der Waals surface area contributed by atoms with E-state index >= 15 is 0 Å². The molecule has 0 aliphatic heterocycles. The maximum atomic E-state index is 11.5. The topological polar surface area (TPSA) is 61.4 Å². The van der Waals surface area contributed by atoms with Gasteiger partial charge in [0.15, 0.2) is 0 Å². The Bertz CT molecular complexity index is 627. The van der Waals surface area contributed by atoms with E-state index in [0.717, 1.165) is 16.8 Å². The fraction of sp³-hybridized carbons (Fsp3) is 0.188. The van der Waals surface area contributed by atoms with Crippen LogP contribution in [0.5, 0.6) is 0 Å². The lowest BCUT2D eigenvalue weighted by atomic mass is 10.1. The first-order chi connectivity index (χ1) is 10.1. The van der Waals surface area contributed by atoms with Gasteiger partial charge >= 0.3 is 0 Å². The Hall–Kier alpha value is -2.04. The predicted molar refractivity (Wildman–Crippen MR) is 84.5 cm³/mol. The molecule has 0 spiro atoms. The van der Waals surface area contributed by atoms with Gasteiger partial charge in [-0.1, -0.05) is 29.8 Å². The largest absolute Gasteiger partial charge is 0.392 e. The normalized spacial score (nSPS) is 10.2. The summed E-state index contributed by atoms with van der Waals surface area (Å²) in [5.74, 6) is -0.104. The maximum absolute atomic E-state index is 11.5. The zero-order valence-electron chi connectivity index (χ0n) is 11.7. The highest BCUT2D eigenvalue weighted by atomic mass is 35.5. The molecule has 0 bridgehead atoms. The van der Waals surface area contributed by atoms with Crippen LogP contribution in [0.3, 0.4) is 0 Å². The molecule has 2 rings (SSSR count). The van der Waals surface area contributed by atoms with Crippen LogP contribution in [0.15, 0.2) is 42.5 Å². The number of amides is 1. The van der Waals surface area contributed by atoms with Gasteiger partial charge in [0.2, 0.25) is 0 Å². The molecule has 0 heterocycles. The summed E-state index contributed by atoms with van der Waals surface area (Å²) in [7, 11) is 1.61. The van der Waals surface area contributed by atoms with Crippen LogP contribution in [-0.2, 0) is 13.2 Å². The Balaban J connectivity index is 2.04. The van der Waals surface area contributed by atoms with E-state index in [2.05, 4.69) is 10.6 Å². The number of nitrogens with one attached hydrogen (secondary N) is 2. The van der Waals surface area contributed by atoms with Gasteiger partial charge in [-0.3, -0.25) is 4.79 Å². The molecule has 0 atom stereocenters. The molecule has 0 unspecified atom stereocenters. The van der Waals surface area contributed by atoms with E-state index in [9.17, 15) is 4.79 Å². The lowest BCUT2D eigenvalue weighted by Crippen LogP contribution is -2.17. The van der Waals surface area contributed by atoms with E-state index in [1.165, 1.54) is 0 Å². The van der Waals surface area contributed by atoms with E-state index in [0.29, 0.717) is 17.1 Å². The lowest BCUT2D eigenvalue weighted by Gasteiger charge is -2.10. The van der Waals surface area contributed by atoms with E-state index in [1.807, 2.05) is 18.2 Å². The van der Waals surface area contributed by atoms with Gasteiger partial charge in [0.1, 0.15) is 0 Å². The van der Waals surface area contributed by atoms with E-state index in [-0.39, 0.29) is 12.5 Å². The predicted octanol–water partition coefficient (Wildman–Crippen LogP) is 2.80. The van der Waals surface area contributed by atoms with Crippen LogP contribution in [0.2, 0.25) is 5.02 Å². The Labute approximate surface area is 128 Å². The quantitative estimate of drug-likeness (QED) is 0.796. The van der Waals surface area contributed by atoms with Crippen molar-refractivity contribution < 1.29 is 9.90 Å². The number of halogens is 1. The molecule has 3 N–H and O–H groups in total. The number of carbonyl (C=O) groups excluding carboxylic acids is 1. The van der Waals surface area contributed by atoms with Gasteiger partial charge in [0, 0.05) is 19.2 Å². The van der Waals surface area contributed by atoms with Crippen molar-refractivity contribution in [3.63, 3.8) is 0 Å². The second-order valence-electron chi connectivity index (χ2n) is 4.60. The van der Waals surface area contributed by atoms with Crippen molar-refractivity contribution in [1.29, 1.82) is 0 Å². The van der Waals surface area contributed by atoms with E-state index in [4.69, 9.17) is 16.7 Å². The van der Waals surface area contributed by atoms with Crippen LogP contribution in [0, 0.1) is 0 Å². The van der Waals surface area contributed by atoms with Crippen LogP contribution in [0.25, 0.3) is 0 Å². The average molecular weight is 305 g/mol. The summed E-state index contributed by atoms with van der Waals surface area (Å²) < 4.78 is 0. The van der Waals surface area contributed by atoms with Crippen LogP contribution in [0.4, 0.5) is 5.69 Å². The number of aliphatic hydroxyl groups excluding tert-OH is 1. The molecule has 0 saturated carbocycles. The van der Waals surface area contributed by atoms with Gasteiger partial charge in [-0.2, -0.15) is 0 Å². The number of anilines is 1. The fourth-order valence-corrected chi connectivity index (χ4v) is 2.11. The Morgan fingerprint density at radius 3 is 2.43 bits per heavy atom. The van der Waals surface area contributed by atoms with Crippen molar-refractivity contribution in [3.05, 3.63) is 64.2 Å². The first kappa shape index (κ1) is 15.4. The number of hydrogen-bond donors (Lipinski definition) is 3. The smallest absolute Gasteiger partial charge is 0.251 e. The zero-order chi connectivity index (χ0) is 15.2. The highest BCUT2D eigenvalue weighted by Gasteiger charge is 2.04. The van der Waals surface area contributed by atoms with Crippen LogP contribution >= 0.6 is 11.6 Å². The molecule has 1 amide bonds. The molecule has 0 saturated heterocycles. The number of rotatable bonds is 5. The van der Waals surface area contributed by atoms with Crippen molar-refractivity contribution in [3.8, 4) is 0 Å². The first-order valence-corrected chi connectivity index (χ1v) is 6.96. The summed E-state index contributed by atoms with van der Waals surface area (Å²) in [6.07, 6.45) is 0. The van der Waals surface area contributed by atoms with E-state index < -0.39 is 0 Å². The first-order valence-electron chi connectivity index (χ1n) is 6.58. The molecule has 0 aliphatic rings. The number of aliphatic hydroxyl groups is 1. The fourth-order valence-electron chi connectivity index (χ4n) is 1.92.